The zero-order valence-electron chi connectivity index (χ0n) is 26.2. The molecule has 1 aliphatic carbocycles. The maximum Gasteiger partial charge on any atom is 0.319 e. The molecule has 1 saturated carbocycles. The molecule has 1 spiro atoms. The Kier molecular flexibility index (Phi) is 7.79. The zero-order valence-corrected chi connectivity index (χ0v) is 26.2. The first-order valence-corrected chi connectivity index (χ1v) is 16.3. The predicted octanol–water partition coefficient (Wildman–Crippen LogP) is 5.51. The van der Waals surface area contributed by atoms with Crippen LogP contribution in [-0.2, 0) is 4.79 Å². The van der Waals surface area contributed by atoms with Gasteiger partial charge in [0.25, 0.3) is 0 Å². The number of fused-ring (bicyclic) bond motifs is 1. The van der Waals surface area contributed by atoms with E-state index in [1.165, 1.54) is 24.3 Å². The highest BCUT2D eigenvalue weighted by Gasteiger charge is 2.46. The number of nitrogens with zero attached hydrogens (tertiary/aromatic N) is 5. The first-order valence-electron chi connectivity index (χ1n) is 16.3. The second-order valence-corrected chi connectivity index (χ2v) is 13.2. The molecule has 7 rings (SSSR count). The number of amides is 1. The van der Waals surface area contributed by atoms with Gasteiger partial charge in [0, 0.05) is 55.6 Å². The highest BCUT2D eigenvalue weighted by molar-refractivity contribution is 6.01. The van der Waals surface area contributed by atoms with Crippen molar-refractivity contribution in [1.29, 1.82) is 0 Å². The highest BCUT2D eigenvalue weighted by Crippen LogP contribution is 2.53. The number of halogens is 1. The van der Waals surface area contributed by atoms with Gasteiger partial charge in [0.15, 0.2) is 5.75 Å². The van der Waals surface area contributed by atoms with Crippen LogP contribution in [-0.4, -0.2) is 89.8 Å². The van der Waals surface area contributed by atoms with Crippen LogP contribution in [0.2, 0.25) is 0 Å². The Morgan fingerprint density at radius 3 is 2.49 bits per heavy atom. The van der Waals surface area contributed by atoms with E-state index in [9.17, 15) is 9.90 Å². The number of rotatable bonds is 8. The number of anilines is 1. The Balaban J connectivity index is 1.34. The number of ether oxygens (including phenoxy) is 2. The quantitative estimate of drug-likeness (QED) is 0.332. The van der Waals surface area contributed by atoms with E-state index in [4.69, 9.17) is 19.4 Å². The number of hydrogen-bond acceptors (Lipinski definition) is 8. The van der Waals surface area contributed by atoms with Crippen LogP contribution in [0.25, 0.3) is 22.0 Å². The summed E-state index contributed by atoms with van der Waals surface area (Å²) in [4.78, 5) is 28.6. The van der Waals surface area contributed by atoms with E-state index in [0.717, 1.165) is 94.6 Å². The summed E-state index contributed by atoms with van der Waals surface area (Å²) in [5, 5.41) is 11.8. The van der Waals surface area contributed by atoms with E-state index in [2.05, 4.69) is 29.5 Å². The van der Waals surface area contributed by atoms with Crippen LogP contribution in [0.5, 0.6) is 17.5 Å². The van der Waals surface area contributed by atoms with E-state index in [1.54, 1.807) is 0 Å². The molecule has 3 aromatic rings. The first kappa shape index (κ1) is 29.8. The topological polar surface area (TPSA) is 91.3 Å². The lowest BCUT2D eigenvalue weighted by Gasteiger charge is -2.54. The summed E-state index contributed by atoms with van der Waals surface area (Å²) in [7, 11) is 2.12. The van der Waals surface area contributed by atoms with Gasteiger partial charge in [-0.2, -0.15) is 9.97 Å². The third kappa shape index (κ3) is 5.58. The average molecular weight is 616 g/mol. The molecular formula is C35H42FN5O4. The monoisotopic (exact) mass is 615 g/mol. The number of aromatic hydroxyl groups is 1. The van der Waals surface area contributed by atoms with E-state index < -0.39 is 5.82 Å². The Labute approximate surface area is 263 Å². The Morgan fingerprint density at radius 1 is 1.11 bits per heavy atom. The van der Waals surface area contributed by atoms with Gasteiger partial charge in [0.2, 0.25) is 5.91 Å². The molecule has 0 radical (unpaired) electrons. The summed E-state index contributed by atoms with van der Waals surface area (Å²) < 4.78 is 28.3. The lowest BCUT2D eigenvalue weighted by atomic mass is 9.72. The van der Waals surface area contributed by atoms with Crippen molar-refractivity contribution in [3.63, 3.8) is 0 Å². The first-order chi connectivity index (χ1) is 21.8. The molecule has 10 heteroatoms. The SMILES string of the molecule is C=CC(=O)N1CC2(CCN(c3nc(OC4CCN(C)CC4)nc4c(OCC)c(-c5c(O)cccc5F)c(C5CC5)cc34)CC2)C1. The number of phenolic OH excluding ortho intramolecular Hbond substituents is 1. The van der Waals surface area contributed by atoms with Crippen molar-refractivity contribution < 1.29 is 23.8 Å². The molecule has 45 heavy (non-hydrogen) atoms. The molecule has 4 heterocycles. The molecule has 1 N–H and O–H groups in total. The molecule has 4 aliphatic rings. The number of aromatic nitrogens is 2. The summed E-state index contributed by atoms with van der Waals surface area (Å²) in [6.07, 6.45) is 7.01. The summed E-state index contributed by atoms with van der Waals surface area (Å²) in [6.45, 7) is 10.9. The van der Waals surface area contributed by atoms with Gasteiger partial charge in [-0.15, -0.1) is 0 Å². The summed E-state index contributed by atoms with van der Waals surface area (Å²) in [5.41, 5.74) is 2.35. The Bertz CT molecular complexity index is 1600. The largest absolute Gasteiger partial charge is 0.507 e. The van der Waals surface area contributed by atoms with Gasteiger partial charge in [-0.05, 0) is 88.3 Å². The van der Waals surface area contributed by atoms with Gasteiger partial charge in [-0.1, -0.05) is 12.6 Å². The summed E-state index contributed by atoms with van der Waals surface area (Å²) in [6, 6.07) is 6.80. The molecule has 4 fully saturated rings. The number of phenols is 1. The third-order valence-electron chi connectivity index (χ3n) is 10.1. The van der Waals surface area contributed by atoms with Crippen LogP contribution in [0.15, 0.2) is 36.9 Å². The average Bonchev–Trinajstić information content (AvgIpc) is 3.87. The third-order valence-corrected chi connectivity index (χ3v) is 10.1. The van der Waals surface area contributed by atoms with Crippen molar-refractivity contribution in [3.8, 4) is 28.6 Å². The fourth-order valence-electron chi connectivity index (χ4n) is 7.34. The molecule has 3 saturated heterocycles. The molecule has 0 bridgehead atoms. The lowest BCUT2D eigenvalue weighted by Crippen LogP contribution is -2.61. The molecule has 0 unspecified atom stereocenters. The number of carbonyl (C=O) groups is 1. The van der Waals surface area contributed by atoms with Gasteiger partial charge >= 0.3 is 6.01 Å². The number of carbonyl (C=O) groups excluding carboxylic acids is 1. The van der Waals surface area contributed by atoms with Crippen molar-refractivity contribution in [3.05, 3.63) is 48.3 Å². The summed E-state index contributed by atoms with van der Waals surface area (Å²) in [5.74, 6) is 0.857. The van der Waals surface area contributed by atoms with Crippen molar-refractivity contribution in [1.82, 2.24) is 19.8 Å². The molecule has 0 atom stereocenters. The molecule has 1 aromatic heterocycles. The maximum absolute atomic E-state index is 15.5. The lowest BCUT2D eigenvalue weighted by molar-refractivity contribution is -0.139. The smallest absolute Gasteiger partial charge is 0.319 e. The molecule has 1 amide bonds. The van der Waals surface area contributed by atoms with E-state index in [1.807, 2.05) is 11.8 Å². The highest BCUT2D eigenvalue weighted by atomic mass is 19.1. The zero-order chi connectivity index (χ0) is 31.3. The summed E-state index contributed by atoms with van der Waals surface area (Å²) >= 11 is 0. The van der Waals surface area contributed by atoms with E-state index in [0.29, 0.717) is 29.4 Å². The predicted molar refractivity (Wildman–Crippen MR) is 172 cm³/mol. The van der Waals surface area contributed by atoms with Crippen LogP contribution in [0, 0.1) is 11.2 Å². The van der Waals surface area contributed by atoms with Crippen LogP contribution in [0.1, 0.15) is 56.9 Å². The standard InChI is InChI=1S/C35H42FN5O4/c1-4-28(43)41-20-35(21-41)13-17-40(18-14-35)33-25-19-24(22-9-10-22)29(30-26(36)7-6-8-27(30)42)32(44-5-2)31(25)37-34(38-33)45-23-11-15-39(3)16-12-23/h4,6-8,19,22-23,42H,1,5,9-18,20-21H2,2-3H3. The minimum Gasteiger partial charge on any atom is -0.507 e. The van der Waals surface area contributed by atoms with Crippen molar-refractivity contribution >= 4 is 22.6 Å². The molecule has 238 valence electrons. The Morgan fingerprint density at radius 2 is 1.84 bits per heavy atom. The number of benzene rings is 2. The van der Waals surface area contributed by atoms with Gasteiger partial charge in [0.05, 0.1) is 12.2 Å². The minimum atomic E-state index is -0.500. The van der Waals surface area contributed by atoms with Crippen LogP contribution in [0.3, 0.4) is 0 Å². The van der Waals surface area contributed by atoms with Crippen molar-refractivity contribution in [2.45, 2.75) is 57.5 Å². The van der Waals surface area contributed by atoms with E-state index >= 15 is 4.39 Å². The van der Waals surface area contributed by atoms with Crippen molar-refractivity contribution in [2.24, 2.45) is 5.41 Å². The van der Waals surface area contributed by atoms with Crippen LogP contribution >= 0.6 is 0 Å². The van der Waals surface area contributed by atoms with Crippen LogP contribution in [0.4, 0.5) is 10.2 Å². The van der Waals surface area contributed by atoms with E-state index in [-0.39, 0.29) is 34.7 Å². The van der Waals surface area contributed by atoms with Crippen LogP contribution < -0.4 is 14.4 Å². The van der Waals surface area contributed by atoms with Crippen molar-refractivity contribution in [2.75, 3.05) is 57.8 Å². The maximum atomic E-state index is 15.5. The second kappa shape index (κ2) is 11.8. The second-order valence-electron chi connectivity index (χ2n) is 13.2. The number of likely N-dealkylation sites (tertiary alicyclic amines) is 2. The Hall–Kier alpha value is -3.92. The fraction of sp³-hybridized carbons (Fsp3) is 0.514. The molecule has 3 aliphatic heterocycles. The fourth-order valence-corrected chi connectivity index (χ4v) is 7.34. The molecule has 2 aromatic carbocycles. The normalized spacial score (nSPS) is 20.3. The number of piperidine rings is 2. The minimum absolute atomic E-state index is 0.00385. The molecule has 9 nitrogen and oxygen atoms in total. The van der Waals surface area contributed by atoms with Gasteiger partial charge in [0.1, 0.15) is 29.0 Å². The number of hydrogen-bond donors (Lipinski definition) is 1. The van der Waals surface area contributed by atoms with Gasteiger partial charge < -0.3 is 29.3 Å². The van der Waals surface area contributed by atoms with Gasteiger partial charge in [-0.3, -0.25) is 4.79 Å². The molecular weight excluding hydrogens is 573 g/mol. The van der Waals surface area contributed by atoms with Gasteiger partial charge in [-0.25, -0.2) is 4.39 Å².